The van der Waals surface area contributed by atoms with Crippen molar-refractivity contribution in [2.24, 2.45) is 11.0 Å². The number of furan rings is 1. The van der Waals surface area contributed by atoms with Gasteiger partial charge in [0.15, 0.2) is 6.61 Å². The van der Waals surface area contributed by atoms with Crippen LogP contribution >= 0.6 is 0 Å². The van der Waals surface area contributed by atoms with E-state index in [-0.39, 0.29) is 30.4 Å². The Hall–Kier alpha value is -4.01. The van der Waals surface area contributed by atoms with Gasteiger partial charge in [0.1, 0.15) is 11.8 Å². The molecule has 0 spiro atoms. The molecule has 3 aromatic rings. The molecule has 1 saturated heterocycles. The number of hydrazone groups is 1. The van der Waals surface area contributed by atoms with Crippen LogP contribution in [0.1, 0.15) is 42.2 Å². The van der Waals surface area contributed by atoms with E-state index in [9.17, 15) is 9.59 Å². The summed E-state index contributed by atoms with van der Waals surface area (Å²) in [5.74, 6) is 0.315. The standard InChI is InChI=1S/C26H27N5O4/c1-18-5-7-19(8-6-18)21-16-22(23-4-2-15-34-23)31(29-21)24(32)17-35-25(33)20-9-13-30(14-10-20)26-27-11-3-12-28-26/h2-8,11-12,15,20,22H,9-10,13-14,16-17H2,1H3. The predicted octanol–water partition coefficient (Wildman–Crippen LogP) is 3.52. The molecule has 9 nitrogen and oxygen atoms in total. The number of rotatable bonds is 6. The van der Waals surface area contributed by atoms with Gasteiger partial charge in [-0.15, -0.1) is 0 Å². The van der Waals surface area contributed by atoms with E-state index in [0.717, 1.165) is 16.8 Å². The zero-order chi connectivity index (χ0) is 24.2. The maximum Gasteiger partial charge on any atom is 0.309 e. The van der Waals surface area contributed by atoms with Gasteiger partial charge in [-0.2, -0.15) is 5.10 Å². The molecule has 0 saturated carbocycles. The molecule has 9 heteroatoms. The molecule has 4 heterocycles. The number of benzene rings is 1. The van der Waals surface area contributed by atoms with E-state index in [4.69, 9.17) is 9.15 Å². The average Bonchev–Trinajstić information content (AvgIpc) is 3.59. The number of hydrogen-bond acceptors (Lipinski definition) is 8. The molecule has 1 fully saturated rings. The molecule has 35 heavy (non-hydrogen) atoms. The van der Waals surface area contributed by atoms with Crippen molar-refractivity contribution in [3.05, 3.63) is 78.0 Å². The van der Waals surface area contributed by atoms with Gasteiger partial charge in [0, 0.05) is 31.9 Å². The Labute approximate surface area is 203 Å². The van der Waals surface area contributed by atoms with Gasteiger partial charge in [-0.3, -0.25) is 9.59 Å². The Morgan fingerprint density at radius 1 is 1.06 bits per heavy atom. The van der Waals surface area contributed by atoms with E-state index in [1.165, 1.54) is 5.01 Å². The molecular formula is C26H27N5O4. The van der Waals surface area contributed by atoms with Crippen LogP contribution in [0.5, 0.6) is 0 Å². The van der Waals surface area contributed by atoms with Crippen LogP contribution in [0.3, 0.4) is 0 Å². The Morgan fingerprint density at radius 3 is 2.49 bits per heavy atom. The fourth-order valence-corrected chi connectivity index (χ4v) is 4.45. The second kappa shape index (κ2) is 10.1. The largest absolute Gasteiger partial charge is 0.467 e. The first-order chi connectivity index (χ1) is 17.1. The first-order valence-electron chi connectivity index (χ1n) is 11.8. The van der Waals surface area contributed by atoms with Crippen molar-refractivity contribution in [3.63, 3.8) is 0 Å². The summed E-state index contributed by atoms with van der Waals surface area (Å²) >= 11 is 0. The monoisotopic (exact) mass is 473 g/mol. The highest BCUT2D eigenvalue weighted by molar-refractivity contribution is 6.03. The number of piperidine rings is 1. The molecule has 0 aliphatic carbocycles. The average molecular weight is 474 g/mol. The highest BCUT2D eigenvalue weighted by Gasteiger charge is 2.36. The Morgan fingerprint density at radius 2 is 1.80 bits per heavy atom. The van der Waals surface area contributed by atoms with Crippen molar-refractivity contribution in [3.8, 4) is 0 Å². The SMILES string of the molecule is Cc1ccc(C2=NN(C(=O)COC(=O)C3CCN(c4ncccn4)CC3)C(c3ccco3)C2)cc1. The van der Waals surface area contributed by atoms with Crippen molar-refractivity contribution in [2.75, 3.05) is 24.6 Å². The van der Waals surface area contributed by atoms with E-state index in [2.05, 4.69) is 20.0 Å². The van der Waals surface area contributed by atoms with Crippen LogP contribution in [0, 0.1) is 12.8 Å². The van der Waals surface area contributed by atoms with Crippen molar-refractivity contribution >= 4 is 23.5 Å². The smallest absolute Gasteiger partial charge is 0.309 e. The van der Waals surface area contributed by atoms with Crippen molar-refractivity contribution < 1.29 is 18.7 Å². The summed E-state index contributed by atoms with van der Waals surface area (Å²) in [6, 6.07) is 13.0. The van der Waals surface area contributed by atoms with E-state index in [1.807, 2.05) is 37.3 Å². The lowest BCUT2D eigenvalue weighted by atomic mass is 9.97. The van der Waals surface area contributed by atoms with E-state index >= 15 is 0 Å². The lowest BCUT2D eigenvalue weighted by Gasteiger charge is -2.30. The number of carbonyl (C=O) groups is 2. The fourth-order valence-electron chi connectivity index (χ4n) is 4.45. The van der Waals surface area contributed by atoms with E-state index in [1.54, 1.807) is 30.8 Å². The fraction of sp³-hybridized carbons (Fsp3) is 0.346. The lowest BCUT2D eigenvalue weighted by molar-refractivity contribution is -0.156. The van der Waals surface area contributed by atoms with Crippen LogP contribution in [0.2, 0.25) is 0 Å². The van der Waals surface area contributed by atoms with Crippen LogP contribution in [-0.4, -0.2) is 52.3 Å². The predicted molar refractivity (Wildman–Crippen MR) is 129 cm³/mol. The van der Waals surface area contributed by atoms with Crippen molar-refractivity contribution in [1.82, 2.24) is 15.0 Å². The summed E-state index contributed by atoms with van der Waals surface area (Å²) in [7, 11) is 0. The molecule has 1 amide bonds. The number of anilines is 1. The second-order valence-electron chi connectivity index (χ2n) is 8.80. The van der Waals surface area contributed by atoms with Gasteiger partial charge in [-0.25, -0.2) is 15.0 Å². The Balaban J connectivity index is 1.20. The number of nitrogens with zero attached hydrogens (tertiary/aromatic N) is 5. The minimum Gasteiger partial charge on any atom is -0.467 e. The molecular weight excluding hydrogens is 446 g/mol. The number of carbonyl (C=O) groups excluding carboxylic acids is 2. The molecule has 2 aromatic heterocycles. The summed E-state index contributed by atoms with van der Waals surface area (Å²) < 4.78 is 11.0. The third-order valence-electron chi connectivity index (χ3n) is 6.42. The number of hydrogen-bond donors (Lipinski definition) is 0. The van der Waals surface area contributed by atoms with Crippen LogP contribution in [0.4, 0.5) is 5.95 Å². The van der Waals surface area contributed by atoms with Gasteiger partial charge in [-0.1, -0.05) is 29.8 Å². The zero-order valence-electron chi connectivity index (χ0n) is 19.5. The molecule has 2 aliphatic rings. The number of aromatic nitrogens is 2. The molecule has 1 unspecified atom stereocenters. The first kappa shape index (κ1) is 22.8. The van der Waals surface area contributed by atoms with Crippen LogP contribution in [-0.2, 0) is 14.3 Å². The third kappa shape index (κ3) is 5.08. The molecule has 1 atom stereocenters. The van der Waals surface area contributed by atoms with Gasteiger partial charge in [0.05, 0.1) is 17.9 Å². The minimum absolute atomic E-state index is 0.256. The highest BCUT2D eigenvalue weighted by atomic mass is 16.5. The minimum atomic E-state index is -0.378. The summed E-state index contributed by atoms with van der Waals surface area (Å²) in [6.45, 7) is 2.99. The molecule has 2 aliphatic heterocycles. The maximum atomic E-state index is 13.1. The summed E-state index contributed by atoms with van der Waals surface area (Å²) in [5.41, 5.74) is 2.90. The lowest BCUT2D eigenvalue weighted by Crippen LogP contribution is -2.39. The van der Waals surface area contributed by atoms with Gasteiger partial charge in [0.2, 0.25) is 5.95 Å². The molecule has 5 rings (SSSR count). The summed E-state index contributed by atoms with van der Waals surface area (Å²) in [6.07, 6.45) is 6.76. The molecule has 1 aromatic carbocycles. The van der Waals surface area contributed by atoms with Gasteiger partial charge in [0.25, 0.3) is 5.91 Å². The summed E-state index contributed by atoms with van der Waals surface area (Å²) in [5, 5.41) is 5.97. The van der Waals surface area contributed by atoms with Crippen LogP contribution < -0.4 is 4.90 Å². The Bertz CT molecular complexity index is 1190. The number of aryl methyl sites for hydroxylation is 1. The number of ether oxygens (including phenoxy) is 1. The van der Waals surface area contributed by atoms with Gasteiger partial charge >= 0.3 is 5.97 Å². The molecule has 0 radical (unpaired) electrons. The van der Waals surface area contributed by atoms with Gasteiger partial charge in [-0.05, 0) is 43.5 Å². The van der Waals surface area contributed by atoms with E-state index < -0.39 is 0 Å². The Kier molecular flexibility index (Phi) is 6.56. The maximum absolute atomic E-state index is 13.1. The highest BCUT2D eigenvalue weighted by Crippen LogP contribution is 2.33. The first-order valence-corrected chi connectivity index (χ1v) is 11.8. The van der Waals surface area contributed by atoms with Gasteiger partial charge < -0.3 is 14.1 Å². The summed E-state index contributed by atoms with van der Waals surface area (Å²) in [4.78, 5) is 36.4. The van der Waals surface area contributed by atoms with E-state index in [0.29, 0.717) is 44.1 Å². The van der Waals surface area contributed by atoms with Crippen LogP contribution in [0.25, 0.3) is 0 Å². The second-order valence-corrected chi connectivity index (χ2v) is 8.80. The number of amides is 1. The number of esters is 1. The molecule has 180 valence electrons. The molecule has 0 bridgehead atoms. The third-order valence-corrected chi connectivity index (χ3v) is 6.42. The van der Waals surface area contributed by atoms with Crippen molar-refractivity contribution in [1.29, 1.82) is 0 Å². The molecule has 0 N–H and O–H groups in total. The van der Waals surface area contributed by atoms with Crippen molar-refractivity contribution in [2.45, 2.75) is 32.2 Å². The zero-order valence-corrected chi connectivity index (χ0v) is 19.5. The van der Waals surface area contributed by atoms with Crippen LogP contribution in [0.15, 0.2) is 70.6 Å². The topological polar surface area (TPSA) is 101 Å². The quantitative estimate of drug-likeness (QED) is 0.505. The normalized spacial score (nSPS) is 18.4.